The number of carbonyl (C=O) groups excluding carboxylic acids is 1. The van der Waals surface area contributed by atoms with Gasteiger partial charge >= 0.3 is 0 Å². The molecule has 0 atom stereocenters. The summed E-state index contributed by atoms with van der Waals surface area (Å²) in [5, 5.41) is 0. The van der Waals surface area contributed by atoms with E-state index in [0.717, 1.165) is 16.7 Å². The van der Waals surface area contributed by atoms with E-state index in [0.29, 0.717) is 0 Å². The lowest BCUT2D eigenvalue weighted by atomic mass is 9.77. The van der Waals surface area contributed by atoms with E-state index in [-0.39, 0.29) is 16.6 Å². The van der Waals surface area contributed by atoms with Crippen LogP contribution in [0.1, 0.15) is 113 Å². The maximum Gasteiger partial charge on any atom is 0.168 e. The average Bonchev–Trinajstić information content (AvgIpc) is 2.66. The van der Waals surface area contributed by atoms with Crippen LogP contribution in [0, 0.1) is 74.7 Å². The number of hydrogen-bond acceptors (Lipinski definition) is 1. The lowest BCUT2D eigenvalue weighted by Gasteiger charge is -2.28. The maximum atomic E-state index is 12.5. The van der Waals surface area contributed by atoms with Crippen molar-refractivity contribution in [3.8, 4) is 0 Å². The molecule has 0 aliphatic rings. The van der Waals surface area contributed by atoms with Gasteiger partial charge in [-0.25, -0.2) is 0 Å². The second kappa shape index (κ2) is 9.54. The Morgan fingerprint density at radius 2 is 0.688 bits per heavy atom. The minimum absolute atomic E-state index is 0.247. The molecule has 0 saturated heterocycles. The number of rotatable bonds is 1. The minimum Gasteiger partial charge on any atom is -0.294 e. The van der Waals surface area contributed by atoms with Crippen molar-refractivity contribution >= 4 is 5.78 Å². The van der Waals surface area contributed by atoms with Crippen LogP contribution >= 0.6 is 0 Å². The normalized spacial score (nSPS) is 11.9. The Hall–Kier alpha value is -1.89. The van der Waals surface area contributed by atoms with Gasteiger partial charge in [-0.3, -0.25) is 4.79 Å². The molecular formula is C31H48O. The summed E-state index contributed by atoms with van der Waals surface area (Å²) >= 11 is 0. The standard InChI is InChI=1S/C16H24O.C15H24/c1-9-10(2)12(4)14(13(5)11(9)3)15(17)16(6,7)8;1-9-10(2)12(4)14(15(6,7)8)13(5)11(9)3/h1-8H3;1-8H3. The van der Waals surface area contributed by atoms with Gasteiger partial charge in [0, 0.05) is 11.0 Å². The van der Waals surface area contributed by atoms with Gasteiger partial charge in [0.1, 0.15) is 0 Å². The Morgan fingerprint density at radius 3 is 0.938 bits per heavy atom. The van der Waals surface area contributed by atoms with Crippen molar-refractivity contribution in [2.75, 3.05) is 0 Å². The van der Waals surface area contributed by atoms with Crippen LogP contribution < -0.4 is 0 Å². The van der Waals surface area contributed by atoms with Crippen LogP contribution in [0.3, 0.4) is 0 Å². The van der Waals surface area contributed by atoms with Gasteiger partial charge in [-0.1, -0.05) is 41.5 Å². The maximum absolute atomic E-state index is 12.5. The second-order valence-electron chi connectivity index (χ2n) is 11.8. The van der Waals surface area contributed by atoms with Crippen LogP contribution in [0.2, 0.25) is 0 Å². The van der Waals surface area contributed by atoms with Crippen LogP contribution in [-0.2, 0) is 5.41 Å². The fourth-order valence-electron chi connectivity index (χ4n) is 4.84. The first-order chi connectivity index (χ1) is 14.3. The van der Waals surface area contributed by atoms with Gasteiger partial charge in [0.15, 0.2) is 5.78 Å². The molecule has 0 aromatic heterocycles. The summed E-state index contributed by atoms with van der Waals surface area (Å²) in [7, 11) is 0. The molecule has 0 aliphatic heterocycles. The lowest BCUT2D eigenvalue weighted by Crippen LogP contribution is -2.23. The quantitative estimate of drug-likeness (QED) is 0.408. The molecule has 2 aromatic carbocycles. The van der Waals surface area contributed by atoms with Gasteiger partial charge in [0.2, 0.25) is 0 Å². The van der Waals surface area contributed by atoms with Gasteiger partial charge in [0.25, 0.3) is 0 Å². The second-order valence-corrected chi connectivity index (χ2v) is 11.8. The first-order valence-electron chi connectivity index (χ1n) is 12.0. The first-order valence-corrected chi connectivity index (χ1v) is 12.0. The lowest BCUT2D eigenvalue weighted by molar-refractivity contribution is 0.0856. The Labute approximate surface area is 199 Å². The van der Waals surface area contributed by atoms with Crippen molar-refractivity contribution in [1.29, 1.82) is 0 Å². The van der Waals surface area contributed by atoms with Crippen molar-refractivity contribution in [3.63, 3.8) is 0 Å². The molecule has 0 amide bonds. The summed E-state index contributed by atoms with van der Waals surface area (Å²) in [6.45, 7) is 34.6. The third-order valence-corrected chi connectivity index (χ3v) is 7.66. The fraction of sp³-hybridized carbons (Fsp3) is 0.581. The van der Waals surface area contributed by atoms with E-state index in [1.807, 2.05) is 20.8 Å². The highest BCUT2D eigenvalue weighted by molar-refractivity contribution is 6.03. The average molecular weight is 437 g/mol. The molecule has 2 aromatic rings. The van der Waals surface area contributed by atoms with E-state index >= 15 is 0 Å². The van der Waals surface area contributed by atoms with Gasteiger partial charge in [-0.05, 0) is 136 Å². The molecule has 0 N–H and O–H groups in total. The van der Waals surface area contributed by atoms with Crippen LogP contribution in [0.25, 0.3) is 0 Å². The van der Waals surface area contributed by atoms with Crippen molar-refractivity contribution in [1.82, 2.24) is 0 Å². The summed E-state index contributed by atoms with van der Waals surface area (Å²) < 4.78 is 0. The highest BCUT2D eigenvalue weighted by Crippen LogP contribution is 2.34. The summed E-state index contributed by atoms with van der Waals surface area (Å²) in [4.78, 5) is 12.5. The highest BCUT2D eigenvalue weighted by Gasteiger charge is 2.27. The Kier molecular flexibility index (Phi) is 8.39. The molecule has 32 heavy (non-hydrogen) atoms. The molecule has 0 radical (unpaired) electrons. The Morgan fingerprint density at radius 1 is 0.438 bits per heavy atom. The van der Waals surface area contributed by atoms with E-state index in [1.54, 1.807) is 0 Å². The van der Waals surface area contributed by atoms with Gasteiger partial charge in [-0.15, -0.1) is 0 Å². The topological polar surface area (TPSA) is 17.1 Å². The van der Waals surface area contributed by atoms with Crippen LogP contribution in [0.15, 0.2) is 0 Å². The van der Waals surface area contributed by atoms with E-state index in [1.165, 1.54) is 50.1 Å². The summed E-state index contributed by atoms with van der Waals surface area (Å²) in [5.41, 5.74) is 15.8. The first kappa shape index (κ1) is 28.1. The molecule has 0 unspecified atom stereocenters. The number of ketones is 1. The minimum atomic E-state index is -0.316. The summed E-state index contributed by atoms with van der Waals surface area (Å²) in [5.74, 6) is 0.249. The smallest absolute Gasteiger partial charge is 0.168 e. The molecule has 1 heteroatoms. The number of Topliss-reactive ketones (excluding diaryl/α,β-unsaturated/α-hetero) is 1. The molecule has 0 fully saturated rings. The zero-order valence-corrected chi connectivity index (χ0v) is 23.9. The van der Waals surface area contributed by atoms with E-state index in [2.05, 4.69) is 90.0 Å². The molecule has 0 aliphatic carbocycles. The molecule has 0 bridgehead atoms. The SMILES string of the molecule is Cc1c(C)c(C)c(C(=O)C(C)(C)C)c(C)c1C.Cc1c(C)c(C)c(C(C)(C)C)c(C)c1C. The Bertz CT molecular complexity index is 976. The third-order valence-electron chi connectivity index (χ3n) is 7.66. The van der Waals surface area contributed by atoms with E-state index in [4.69, 9.17) is 0 Å². The van der Waals surface area contributed by atoms with Crippen molar-refractivity contribution in [2.24, 2.45) is 5.41 Å². The van der Waals surface area contributed by atoms with Crippen molar-refractivity contribution in [3.05, 3.63) is 66.8 Å². The van der Waals surface area contributed by atoms with E-state index in [9.17, 15) is 4.79 Å². The number of carbonyl (C=O) groups is 1. The van der Waals surface area contributed by atoms with Crippen LogP contribution in [-0.4, -0.2) is 5.78 Å². The molecule has 0 heterocycles. The molecular weight excluding hydrogens is 388 g/mol. The Balaban J connectivity index is 0.000000323. The summed E-state index contributed by atoms with van der Waals surface area (Å²) in [6, 6.07) is 0. The summed E-state index contributed by atoms with van der Waals surface area (Å²) in [6.07, 6.45) is 0. The third kappa shape index (κ3) is 5.36. The molecule has 0 saturated carbocycles. The van der Waals surface area contributed by atoms with Crippen molar-refractivity contribution in [2.45, 2.75) is 116 Å². The predicted molar refractivity (Wildman–Crippen MR) is 143 cm³/mol. The zero-order valence-electron chi connectivity index (χ0n) is 23.9. The number of benzene rings is 2. The van der Waals surface area contributed by atoms with E-state index < -0.39 is 0 Å². The van der Waals surface area contributed by atoms with Crippen molar-refractivity contribution < 1.29 is 4.79 Å². The van der Waals surface area contributed by atoms with Gasteiger partial charge < -0.3 is 0 Å². The number of hydrogen-bond donors (Lipinski definition) is 0. The molecule has 178 valence electrons. The highest BCUT2D eigenvalue weighted by atomic mass is 16.1. The fourth-order valence-corrected chi connectivity index (χ4v) is 4.84. The predicted octanol–water partition coefficient (Wildman–Crippen LogP) is 8.98. The monoisotopic (exact) mass is 436 g/mol. The van der Waals surface area contributed by atoms with Crippen LogP contribution in [0.5, 0.6) is 0 Å². The molecule has 2 rings (SSSR count). The van der Waals surface area contributed by atoms with Crippen LogP contribution in [0.4, 0.5) is 0 Å². The van der Waals surface area contributed by atoms with Gasteiger partial charge in [0.05, 0.1) is 0 Å². The molecule has 1 nitrogen and oxygen atoms in total. The molecule has 0 spiro atoms. The van der Waals surface area contributed by atoms with Gasteiger partial charge in [-0.2, -0.15) is 0 Å². The largest absolute Gasteiger partial charge is 0.294 e. The zero-order chi connectivity index (χ0) is 25.5.